The Morgan fingerprint density at radius 2 is 1.79 bits per heavy atom. The van der Waals surface area contributed by atoms with E-state index in [2.05, 4.69) is 60.7 Å². The number of fused-ring (bicyclic) bond motifs is 1. The van der Waals surface area contributed by atoms with Crippen molar-refractivity contribution in [3.8, 4) is 5.75 Å². The van der Waals surface area contributed by atoms with Crippen LogP contribution in [0.15, 0.2) is 48.8 Å². The van der Waals surface area contributed by atoms with Gasteiger partial charge in [-0.1, -0.05) is 38.1 Å². The van der Waals surface area contributed by atoms with Gasteiger partial charge in [0, 0.05) is 6.54 Å². The van der Waals surface area contributed by atoms with Gasteiger partial charge in [-0.2, -0.15) is 0 Å². The Hall–Kier alpha value is -3.35. The first-order valence-corrected chi connectivity index (χ1v) is 9.39. The molecule has 0 bridgehead atoms. The number of carboxylic acids is 2. The molecular weight excluding hydrogens is 372 g/mol. The Morgan fingerprint density at radius 1 is 1.10 bits per heavy atom. The molecule has 3 aromatic rings. The molecule has 1 heterocycles. The molecule has 0 radical (unpaired) electrons. The molecule has 7 nitrogen and oxygen atoms in total. The minimum atomic E-state index is -1.82. The average Bonchev–Trinajstić information content (AvgIpc) is 3.08. The van der Waals surface area contributed by atoms with Crippen molar-refractivity contribution in [1.29, 1.82) is 0 Å². The normalized spacial score (nSPS) is 10.5. The number of aliphatic carboxylic acids is 2. The van der Waals surface area contributed by atoms with Gasteiger partial charge in [0.15, 0.2) is 0 Å². The van der Waals surface area contributed by atoms with Gasteiger partial charge >= 0.3 is 11.9 Å². The summed E-state index contributed by atoms with van der Waals surface area (Å²) in [5.41, 5.74) is 4.76. The Bertz CT molecular complexity index is 966. The number of hydrogen-bond donors (Lipinski definition) is 2. The second-order valence-corrected chi connectivity index (χ2v) is 6.93. The number of benzene rings is 2. The molecule has 0 saturated carbocycles. The third kappa shape index (κ3) is 6.34. The number of imidazole rings is 1. The smallest absolute Gasteiger partial charge is 0.414 e. The van der Waals surface area contributed by atoms with Crippen molar-refractivity contribution >= 4 is 23.0 Å². The molecule has 0 amide bonds. The zero-order valence-electron chi connectivity index (χ0n) is 16.8. The molecule has 0 atom stereocenters. The fraction of sp³-hybridized carbons (Fsp3) is 0.318. The number of carboxylic acid groups (broad SMARTS) is 2. The van der Waals surface area contributed by atoms with Crippen LogP contribution in [0.3, 0.4) is 0 Å². The monoisotopic (exact) mass is 398 g/mol. The molecule has 0 unspecified atom stereocenters. The van der Waals surface area contributed by atoms with Crippen LogP contribution in [0, 0.1) is 6.92 Å². The molecule has 2 N–H and O–H groups in total. The van der Waals surface area contributed by atoms with E-state index in [0.717, 1.165) is 30.8 Å². The lowest BCUT2D eigenvalue weighted by molar-refractivity contribution is -0.159. The highest BCUT2D eigenvalue weighted by molar-refractivity contribution is 6.27. The number of carbonyl (C=O) groups is 2. The maximum absolute atomic E-state index is 9.10. The van der Waals surface area contributed by atoms with E-state index >= 15 is 0 Å². The standard InChI is InChI=1S/C20H24N2O.C2H2O4/c1-15(2)17-10-9-16(3)13-20(17)23-12-6-11-22-14-21-18-7-4-5-8-19(18)22;3-1(4)2(5)6/h4-5,7-10,13-15H,6,11-12H2,1-3H3;(H,3,4)(H,5,6). The maximum atomic E-state index is 9.10. The van der Waals surface area contributed by atoms with Crippen LogP contribution in [-0.4, -0.2) is 38.3 Å². The van der Waals surface area contributed by atoms with Gasteiger partial charge in [-0.15, -0.1) is 0 Å². The molecule has 0 spiro atoms. The summed E-state index contributed by atoms with van der Waals surface area (Å²) in [6, 6.07) is 14.7. The molecule has 0 fully saturated rings. The topological polar surface area (TPSA) is 102 Å². The van der Waals surface area contributed by atoms with Crippen molar-refractivity contribution in [2.45, 2.75) is 39.7 Å². The molecule has 2 aromatic carbocycles. The number of para-hydroxylation sites is 2. The second-order valence-electron chi connectivity index (χ2n) is 6.93. The number of aromatic nitrogens is 2. The van der Waals surface area contributed by atoms with Gasteiger partial charge in [0.25, 0.3) is 0 Å². The van der Waals surface area contributed by atoms with Gasteiger partial charge < -0.3 is 19.5 Å². The largest absolute Gasteiger partial charge is 0.493 e. The summed E-state index contributed by atoms with van der Waals surface area (Å²) in [5.74, 6) is -2.15. The van der Waals surface area contributed by atoms with Crippen molar-refractivity contribution in [1.82, 2.24) is 9.55 Å². The van der Waals surface area contributed by atoms with Crippen LogP contribution in [0.2, 0.25) is 0 Å². The molecule has 0 aliphatic carbocycles. The van der Waals surface area contributed by atoms with Gasteiger partial charge in [-0.25, -0.2) is 14.6 Å². The van der Waals surface area contributed by atoms with E-state index in [1.807, 2.05) is 18.5 Å². The Balaban J connectivity index is 0.000000438. The minimum Gasteiger partial charge on any atom is -0.493 e. The van der Waals surface area contributed by atoms with E-state index in [4.69, 9.17) is 24.5 Å². The summed E-state index contributed by atoms with van der Waals surface area (Å²) in [6.45, 7) is 8.15. The minimum absolute atomic E-state index is 0.475. The molecule has 3 rings (SSSR count). The fourth-order valence-corrected chi connectivity index (χ4v) is 2.85. The molecule has 0 aliphatic rings. The third-order valence-corrected chi connectivity index (χ3v) is 4.30. The molecule has 7 heteroatoms. The Labute approximate surface area is 169 Å². The average molecular weight is 398 g/mol. The highest BCUT2D eigenvalue weighted by Crippen LogP contribution is 2.27. The van der Waals surface area contributed by atoms with Gasteiger partial charge in [0.2, 0.25) is 0 Å². The lowest BCUT2D eigenvalue weighted by atomic mass is 10.0. The first-order valence-electron chi connectivity index (χ1n) is 9.39. The lowest BCUT2D eigenvalue weighted by Crippen LogP contribution is -2.09. The predicted molar refractivity (Wildman–Crippen MR) is 110 cm³/mol. The van der Waals surface area contributed by atoms with Gasteiger partial charge in [0.1, 0.15) is 5.75 Å². The summed E-state index contributed by atoms with van der Waals surface area (Å²) in [7, 11) is 0. The summed E-state index contributed by atoms with van der Waals surface area (Å²) in [4.78, 5) is 22.6. The van der Waals surface area contributed by atoms with Crippen molar-refractivity contribution in [2.24, 2.45) is 0 Å². The molecule has 0 saturated heterocycles. The second kappa shape index (κ2) is 10.3. The summed E-state index contributed by atoms with van der Waals surface area (Å²) >= 11 is 0. The predicted octanol–water partition coefficient (Wildman–Crippen LogP) is 4.09. The molecule has 1 aromatic heterocycles. The number of hydrogen-bond acceptors (Lipinski definition) is 4. The van der Waals surface area contributed by atoms with E-state index in [9.17, 15) is 0 Å². The highest BCUT2D eigenvalue weighted by Gasteiger charge is 2.08. The number of aryl methyl sites for hydroxylation is 2. The van der Waals surface area contributed by atoms with Crippen LogP contribution in [0.4, 0.5) is 0 Å². The summed E-state index contributed by atoms with van der Waals surface area (Å²) in [5, 5.41) is 14.8. The van der Waals surface area contributed by atoms with Crippen LogP contribution in [0.25, 0.3) is 11.0 Å². The van der Waals surface area contributed by atoms with Crippen LogP contribution in [0.5, 0.6) is 5.75 Å². The van der Waals surface area contributed by atoms with Gasteiger partial charge in [0.05, 0.1) is 24.0 Å². The molecule has 29 heavy (non-hydrogen) atoms. The molecular formula is C22H26N2O5. The van der Waals surface area contributed by atoms with E-state index in [0.29, 0.717) is 5.92 Å². The quantitative estimate of drug-likeness (QED) is 0.479. The highest BCUT2D eigenvalue weighted by atomic mass is 16.5. The van der Waals surface area contributed by atoms with E-state index in [1.54, 1.807) is 0 Å². The molecule has 154 valence electrons. The SMILES string of the molecule is Cc1ccc(C(C)C)c(OCCCn2cnc3ccccc32)c1.O=C(O)C(=O)O. The number of nitrogens with zero attached hydrogens (tertiary/aromatic N) is 2. The third-order valence-electron chi connectivity index (χ3n) is 4.30. The van der Waals surface area contributed by atoms with E-state index in [1.165, 1.54) is 16.6 Å². The van der Waals surface area contributed by atoms with Crippen LogP contribution in [-0.2, 0) is 16.1 Å². The van der Waals surface area contributed by atoms with Crippen molar-refractivity contribution in [3.05, 3.63) is 59.9 Å². The van der Waals surface area contributed by atoms with Crippen LogP contribution in [0.1, 0.15) is 37.3 Å². The zero-order chi connectivity index (χ0) is 21.4. The number of rotatable bonds is 6. The van der Waals surface area contributed by atoms with Crippen molar-refractivity contribution in [2.75, 3.05) is 6.61 Å². The van der Waals surface area contributed by atoms with Crippen LogP contribution >= 0.6 is 0 Å². The summed E-state index contributed by atoms with van der Waals surface area (Å²) < 4.78 is 8.25. The van der Waals surface area contributed by atoms with E-state index < -0.39 is 11.9 Å². The summed E-state index contributed by atoms with van der Waals surface area (Å²) in [6.07, 6.45) is 2.88. The van der Waals surface area contributed by atoms with Crippen LogP contribution < -0.4 is 4.74 Å². The van der Waals surface area contributed by atoms with Crippen molar-refractivity contribution < 1.29 is 24.5 Å². The maximum Gasteiger partial charge on any atom is 0.414 e. The van der Waals surface area contributed by atoms with Crippen molar-refractivity contribution in [3.63, 3.8) is 0 Å². The first kappa shape index (κ1) is 21.9. The van der Waals surface area contributed by atoms with Gasteiger partial charge in [-0.3, -0.25) is 0 Å². The first-order chi connectivity index (χ1) is 13.8. The zero-order valence-corrected chi connectivity index (χ0v) is 16.8. The fourth-order valence-electron chi connectivity index (χ4n) is 2.85. The molecule has 0 aliphatic heterocycles. The lowest BCUT2D eigenvalue weighted by Gasteiger charge is -2.15. The Morgan fingerprint density at radius 3 is 2.45 bits per heavy atom. The van der Waals surface area contributed by atoms with Gasteiger partial charge in [-0.05, 0) is 48.6 Å². The number of ether oxygens (including phenoxy) is 1. The van der Waals surface area contributed by atoms with E-state index in [-0.39, 0.29) is 0 Å². The Kier molecular flexibility index (Phi) is 7.77.